The molecule has 1 aliphatic carbocycles. The lowest BCUT2D eigenvalue weighted by molar-refractivity contribution is 0.563. The lowest BCUT2D eigenvalue weighted by Gasteiger charge is -2.14. The average molecular weight is 332 g/mol. The maximum absolute atomic E-state index is 12.5. The van der Waals surface area contributed by atoms with Gasteiger partial charge in [0.1, 0.15) is 0 Å². The van der Waals surface area contributed by atoms with E-state index in [1.807, 2.05) is 27.0 Å². The van der Waals surface area contributed by atoms with E-state index in [1.165, 1.54) is 0 Å². The van der Waals surface area contributed by atoms with Gasteiger partial charge in [-0.15, -0.1) is 0 Å². The number of nitrogens with zero attached hydrogens (tertiary/aromatic N) is 1. The molecular formula is C13H24N4O2S2. The number of thioether (sulfide) groups is 1. The average Bonchev–Trinajstić information content (AvgIpc) is 3.11. The minimum absolute atomic E-state index is 0.0920. The van der Waals surface area contributed by atoms with Crippen molar-refractivity contribution in [3.63, 3.8) is 0 Å². The zero-order chi connectivity index (χ0) is 15.7. The minimum atomic E-state index is -3.57. The van der Waals surface area contributed by atoms with Gasteiger partial charge in [0.2, 0.25) is 0 Å². The van der Waals surface area contributed by atoms with Gasteiger partial charge in [0.25, 0.3) is 10.0 Å². The van der Waals surface area contributed by atoms with E-state index in [-0.39, 0.29) is 15.8 Å². The van der Waals surface area contributed by atoms with Crippen molar-refractivity contribution >= 4 is 21.8 Å². The number of rotatable bonds is 8. The molecule has 1 aliphatic rings. The number of hydrogen-bond acceptors (Lipinski definition) is 5. The van der Waals surface area contributed by atoms with Crippen LogP contribution in [0.15, 0.2) is 5.03 Å². The van der Waals surface area contributed by atoms with Gasteiger partial charge in [-0.1, -0.05) is 13.8 Å². The fraction of sp³-hybridized carbons (Fsp3) is 0.769. The molecule has 0 unspecified atom stereocenters. The van der Waals surface area contributed by atoms with Crippen molar-refractivity contribution in [1.29, 1.82) is 0 Å². The normalized spacial score (nSPS) is 17.4. The first-order valence-electron chi connectivity index (χ1n) is 7.12. The molecule has 120 valence electrons. The van der Waals surface area contributed by atoms with Gasteiger partial charge in [-0.05, 0) is 26.0 Å². The van der Waals surface area contributed by atoms with Crippen molar-refractivity contribution in [1.82, 2.24) is 20.2 Å². The minimum Gasteiger partial charge on any atom is -0.310 e. The Balaban J connectivity index is 2.12. The van der Waals surface area contributed by atoms with Crippen LogP contribution in [-0.4, -0.2) is 42.2 Å². The van der Waals surface area contributed by atoms with Gasteiger partial charge < -0.3 is 5.32 Å². The predicted octanol–water partition coefficient (Wildman–Crippen LogP) is 1.39. The molecule has 0 aromatic carbocycles. The number of H-pyrrole nitrogens is 1. The molecule has 0 atom stereocenters. The molecule has 0 bridgehead atoms. The second kappa shape index (κ2) is 6.28. The highest BCUT2D eigenvalue weighted by molar-refractivity contribution is 8.00. The van der Waals surface area contributed by atoms with Crippen molar-refractivity contribution in [2.24, 2.45) is 0 Å². The molecular weight excluding hydrogens is 308 g/mol. The standard InChI is InChI=1S/C13H24N4O2S2/c1-9(2)14-7-11-10(3)16-17-12(11)21(18,19)15-8-13(20-4)5-6-13/h9,14-15H,5-8H2,1-4H3,(H,16,17). The SMILES string of the molecule is CSC1(CNS(=O)(=O)c2n[nH]c(C)c2CNC(C)C)CC1. The highest BCUT2D eigenvalue weighted by atomic mass is 32.2. The Morgan fingerprint density at radius 3 is 2.62 bits per heavy atom. The first-order chi connectivity index (χ1) is 9.80. The Morgan fingerprint density at radius 1 is 1.43 bits per heavy atom. The summed E-state index contributed by atoms with van der Waals surface area (Å²) in [6.07, 6.45) is 4.16. The molecule has 1 saturated carbocycles. The van der Waals surface area contributed by atoms with Crippen molar-refractivity contribution in [2.75, 3.05) is 12.8 Å². The third-order valence-corrected chi connectivity index (χ3v) is 6.59. The van der Waals surface area contributed by atoms with E-state index in [9.17, 15) is 8.42 Å². The number of sulfonamides is 1. The van der Waals surface area contributed by atoms with E-state index in [4.69, 9.17) is 0 Å². The number of aryl methyl sites for hydroxylation is 1. The largest absolute Gasteiger partial charge is 0.310 e. The second-order valence-electron chi connectivity index (χ2n) is 5.88. The molecule has 0 aliphatic heterocycles. The smallest absolute Gasteiger partial charge is 0.260 e. The molecule has 3 N–H and O–H groups in total. The Bertz CT molecular complexity index is 591. The summed E-state index contributed by atoms with van der Waals surface area (Å²) in [4.78, 5) is 0. The molecule has 6 nitrogen and oxygen atoms in total. The summed E-state index contributed by atoms with van der Waals surface area (Å²) in [6.45, 7) is 6.85. The molecule has 1 fully saturated rings. The number of nitrogens with one attached hydrogen (secondary N) is 3. The maximum Gasteiger partial charge on any atom is 0.260 e. The Labute approximate surface area is 130 Å². The molecule has 0 radical (unpaired) electrons. The molecule has 0 spiro atoms. The van der Waals surface area contributed by atoms with Crippen LogP contribution in [0.25, 0.3) is 0 Å². The van der Waals surface area contributed by atoms with Gasteiger partial charge in [0.05, 0.1) is 0 Å². The Hall–Kier alpha value is -0.570. The zero-order valence-corrected chi connectivity index (χ0v) is 14.6. The number of hydrogen-bond donors (Lipinski definition) is 3. The van der Waals surface area contributed by atoms with Crippen LogP contribution in [0.3, 0.4) is 0 Å². The highest BCUT2D eigenvalue weighted by Crippen LogP contribution is 2.46. The molecule has 2 rings (SSSR count). The van der Waals surface area contributed by atoms with E-state index >= 15 is 0 Å². The number of aromatic amines is 1. The van der Waals surface area contributed by atoms with Gasteiger partial charge in [-0.3, -0.25) is 5.10 Å². The summed E-state index contributed by atoms with van der Waals surface area (Å²) < 4.78 is 27.7. The van der Waals surface area contributed by atoms with Crippen molar-refractivity contribution in [2.45, 2.75) is 56.0 Å². The topological polar surface area (TPSA) is 86.9 Å². The summed E-state index contributed by atoms with van der Waals surface area (Å²) in [6, 6.07) is 0.286. The molecule has 1 aromatic heterocycles. The summed E-state index contributed by atoms with van der Waals surface area (Å²) in [5, 5.41) is 10.1. The van der Waals surface area contributed by atoms with Gasteiger partial charge >= 0.3 is 0 Å². The first-order valence-corrected chi connectivity index (χ1v) is 9.82. The Morgan fingerprint density at radius 2 is 2.10 bits per heavy atom. The molecule has 1 heterocycles. The highest BCUT2D eigenvalue weighted by Gasteiger charge is 2.43. The zero-order valence-electron chi connectivity index (χ0n) is 13.0. The van der Waals surface area contributed by atoms with Crippen LogP contribution in [0.1, 0.15) is 37.9 Å². The lowest BCUT2D eigenvalue weighted by atomic mass is 10.2. The maximum atomic E-state index is 12.5. The van der Waals surface area contributed by atoms with Crippen molar-refractivity contribution < 1.29 is 8.42 Å². The van der Waals surface area contributed by atoms with Crippen molar-refractivity contribution in [3.8, 4) is 0 Å². The predicted molar refractivity (Wildman–Crippen MR) is 86.0 cm³/mol. The van der Waals surface area contributed by atoms with E-state index in [2.05, 4.69) is 20.2 Å². The molecule has 0 saturated heterocycles. The molecule has 0 amide bonds. The number of aromatic nitrogens is 2. The van der Waals surface area contributed by atoms with Crippen LogP contribution >= 0.6 is 11.8 Å². The third kappa shape index (κ3) is 4.00. The van der Waals surface area contributed by atoms with Gasteiger partial charge in [0.15, 0.2) is 5.03 Å². The monoisotopic (exact) mass is 332 g/mol. The van der Waals surface area contributed by atoms with Crippen LogP contribution < -0.4 is 10.0 Å². The lowest BCUT2D eigenvalue weighted by Crippen LogP contribution is -2.33. The molecule has 8 heteroatoms. The van der Waals surface area contributed by atoms with Crippen LogP contribution in [0.2, 0.25) is 0 Å². The van der Waals surface area contributed by atoms with Crippen LogP contribution in [0.5, 0.6) is 0 Å². The van der Waals surface area contributed by atoms with E-state index < -0.39 is 10.0 Å². The second-order valence-corrected chi connectivity index (χ2v) is 8.84. The quantitative estimate of drug-likeness (QED) is 0.670. The van der Waals surface area contributed by atoms with E-state index in [0.29, 0.717) is 18.7 Å². The van der Waals surface area contributed by atoms with Crippen LogP contribution in [0.4, 0.5) is 0 Å². The Kier molecular flexibility index (Phi) is 5.02. The van der Waals surface area contributed by atoms with Gasteiger partial charge in [-0.2, -0.15) is 16.9 Å². The van der Waals surface area contributed by atoms with Crippen LogP contribution in [-0.2, 0) is 16.6 Å². The third-order valence-electron chi connectivity index (χ3n) is 3.80. The molecule has 21 heavy (non-hydrogen) atoms. The summed E-state index contributed by atoms with van der Waals surface area (Å²) >= 11 is 1.73. The summed E-state index contributed by atoms with van der Waals surface area (Å²) in [5.41, 5.74) is 1.50. The van der Waals surface area contributed by atoms with Gasteiger partial charge in [0, 0.05) is 35.1 Å². The van der Waals surface area contributed by atoms with Crippen molar-refractivity contribution in [3.05, 3.63) is 11.3 Å². The fourth-order valence-electron chi connectivity index (χ4n) is 2.05. The van der Waals surface area contributed by atoms with E-state index in [1.54, 1.807) is 11.8 Å². The summed E-state index contributed by atoms with van der Waals surface area (Å²) in [5.74, 6) is 0. The fourth-order valence-corrected chi connectivity index (χ4v) is 4.19. The summed E-state index contributed by atoms with van der Waals surface area (Å²) in [7, 11) is -3.57. The van der Waals surface area contributed by atoms with E-state index in [0.717, 1.165) is 18.5 Å². The first kappa shape index (κ1) is 16.8. The molecule has 1 aromatic rings. The van der Waals surface area contributed by atoms with Gasteiger partial charge in [-0.25, -0.2) is 13.1 Å². The van der Waals surface area contributed by atoms with Crippen LogP contribution in [0, 0.1) is 6.92 Å².